The SMILES string of the molecule is CCC(c1ccc(C(=O)OC)s1)N1CC(CCC(O)Cc2ccccc2C(F)(F)F)CC1=O. The number of amides is 1. The highest BCUT2D eigenvalue weighted by molar-refractivity contribution is 7.14. The Balaban J connectivity index is 1.58. The van der Waals surface area contributed by atoms with Crippen molar-refractivity contribution in [3.05, 3.63) is 57.3 Å². The number of benzene rings is 1. The highest BCUT2D eigenvalue weighted by atomic mass is 32.1. The summed E-state index contributed by atoms with van der Waals surface area (Å²) in [5.74, 6) is -0.372. The fourth-order valence-electron chi connectivity index (χ4n) is 4.38. The number of likely N-dealkylation sites (tertiary alicyclic amines) is 1. The third-order valence-corrected chi connectivity index (χ3v) is 7.20. The number of carbonyl (C=O) groups excluding carboxylic acids is 2. The zero-order chi connectivity index (χ0) is 24.2. The summed E-state index contributed by atoms with van der Waals surface area (Å²) in [7, 11) is 1.32. The zero-order valence-corrected chi connectivity index (χ0v) is 19.4. The number of methoxy groups -OCH3 is 1. The lowest BCUT2D eigenvalue weighted by Gasteiger charge is -2.26. The van der Waals surface area contributed by atoms with Crippen LogP contribution in [0.25, 0.3) is 0 Å². The Morgan fingerprint density at radius 2 is 2.00 bits per heavy atom. The smallest absolute Gasteiger partial charge is 0.416 e. The Hall–Kier alpha value is -2.39. The molecule has 2 heterocycles. The monoisotopic (exact) mass is 483 g/mol. The van der Waals surface area contributed by atoms with Crippen molar-refractivity contribution in [1.82, 2.24) is 4.90 Å². The molecule has 1 aromatic carbocycles. The van der Waals surface area contributed by atoms with Crippen LogP contribution >= 0.6 is 11.3 Å². The predicted octanol–water partition coefficient (Wildman–Crippen LogP) is 5.24. The molecule has 180 valence electrons. The minimum atomic E-state index is -4.46. The molecule has 0 bridgehead atoms. The third-order valence-electron chi connectivity index (χ3n) is 6.03. The summed E-state index contributed by atoms with van der Waals surface area (Å²) in [6.45, 7) is 2.50. The van der Waals surface area contributed by atoms with E-state index in [2.05, 4.69) is 0 Å². The van der Waals surface area contributed by atoms with E-state index in [-0.39, 0.29) is 29.9 Å². The molecule has 1 amide bonds. The standard InChI is InChI=1S/C24H28F3NO4S/c1-3-19(20-10-11-21(33-20)23(31)32-2)28-14-15(12-22(28)30)8-9-17(29)13-16-6-4-5-7-18(16)24(25,26)27/h4-7,10-11,15,17,19,29H,3,8-9,12-14H2,1-2H3. The van der Waals surface area contributed by atoms with Crippen LogP contribution in [0.5, 0.6) is 0 Å². The molecular weight excluding hydrogens is 455 g/mol. The van der Waals surface area contributed by atoms with Gasteiger partial charge in [0.1, 0.15) is 4.88 Å². The van der Waals surface area contributed by atoms with Gasteiger partial charge >= 0.3 is 12.1 Å². The predicted molar refractivity (Wildman–Crippen MR) is 119 cm³/mol. The average molecular weight is 484 g/mol. The molecule has 1 saturated heterocycles. The molecule has 0 saturated carbocycles. The van der Waals surface area contributed by atoms with E-state index >= 15 is 0 Å². The minimum Gasteiger partial charge on any atom is -0.465 e. The number of nitrogens with zero attached hydrogens (tertiary/aromatic N) is 1. The molecule has 33 heavy (non-hydrogen) atoms. The Bertz CT molecular complexity index is 975. The van der Waals surface area contributed by atoms with E-state index in [1.54, 1.807) is 6.07 Å². The molecule has 3 unspecified atom stereocenters. The molecule has 1 aliphatic rings. The van der Waals surface area contributed by atoms with Gasteiger partial charge in [-0.1, -0.05) is 25.1 Å². The van der Waals surface area contributed by atoms with Crippen LogP contribution in [-0.4, -0.2) is 41.6 Å². The maximum Gasteiger partial charge on any atom is 0.416 e. The van der Waals surface area contributed by atoms with E-state index in [1.807, 2.05) is 17.9 Å². The number of alkyl halides is 3. The first-order valence-electron chi connectivity index (χ1n) is 10.9. The molecule has 0 aliphatic carbocycles. The number of carbonyl (C=O) groups is 2. The second kappa shape index (κ2) is 10.7. The summed E-state index contributed by atoms with van der Waals surface area (Å²) in [5, 5.41) is 10.4. The van der Waals surface area contributed by atoms with E-state index < -0.39 is 23.8 Å². The van der Waals surface area contributed by atoms with Crippen LogP contribution in [0.15, 0.2) is 36.4 Å². The lowest BCUT2D eigenvalue weighted by Crippen LogP contribution is -2.29. The van der Waals surface area contributed by atoms with Crippen LogP contribution in [0.1, 0.15) is 64.3 Å². The van der Waals surface area contributed by atoms with E-state index in [0.29, 0.717) is 37.1 Å². The second-order valence-electron chi connectivity index (χ2n) is 8.32. The summed E-state index contributed by atoms with van der Waals surface area (Å²) < 4.78 is 44.3. The van der Waals surface area contributed by atoms with Gasteiger partial charge in [-0.15, -0.1) is 11.3 Å². The Morgan fingerprint density at radius 3 is 2.67 bits per heavy atom. The van der Waals surface area contributed by atoms with E-state index in [9.17, 15) is 27.9 Å². The van der Waals surface area contributed by atoms with Gasteiger partial charge < -0.3 is 14.7 Å². The van der Waals surface area contributed by atoms with Crippen LogP contribution in [0.2, 0.25) is 0 Å². The highest BCUT2D eigenvalue weighted by Crippen LogP contribution is 2.37. The van der Waals surface area contributed by atoms with Gasteiger partial charge in [0.25, 0.3) is 0 Å². The molecule has 1 N–H and O–H groups in total. The maximum absolute atomic E-state index is 13.2. The Kier molecular flexibility index (Phi) is 8.18. The molecule has 1 aromatic heterocycles. The number of hydrogen-bond acceptors (Lipinski definition) is 5. The topological polar surface area (TPSA) is 66.8 Å². The van der Waals surface area contributed by atoms with Crippen LogP contribution in [0.3, 0.4) is 0 Å². The Morgan fingerprint density at radius 1 is 1.27 bits per heavy atom. The Labute approximate surface area is 195 Å². The van der Waals surface area contributed by atoms with Crippen molar-refractivity contribution in [2.24, 2.45) is 5.92 Å². The van der Waals surface area contributed by atoms with Crippen molar-refractivity contribution >= 4 is 23.2 Å². The number of thiophene rings is 1. The largest absolute Gasteiger partial charge is 0.465 e. The van der Waals surface area contributed by atoms with Crippen LogP contribution in [0.4, 0.5) is 13.2 Å². The molecule has 1 fully saturated rings. The molecule has 3 rings (SSSR count). The van der Waals surface area contributed by atoms with Crippen molar-refractivity contribution in [2.45, 2.75) is 57.3 Å². The summed E-state index contributed by atoms with van der Waals surface area (Å²) >= 11 is 1.31. The van der Waals surface area contributed by atoms with Crippen molar-refractivity contribution in [3.63, 3.8) is 0 Å². The van der Waals surface area contributed by atoms with Crippen LogP contribution in [0, 0.1) is 5.92 Å². The molecule has 1 aliphatic heterocycles. The molecule has 0 radical (unpaired) electrons. The van der Waals surface area contributed by atoms with Crippen molar-refractivity contribution < 1.29 is 32.6 Å². The van der Waals surface area contributed by atoms with Crippen molar-refractivity contribution in [3.8, 4) is 0 Å². The van der Waals surface area contributed by atoms with Crippen molar-refractivity contribution in [1.29, 1.82) is 0 Å². The summed E-state index contributed by atoms with van der Waals surface area (Å²) in [6, 6.07) is 8.68. The average Bonchev–Trinajstić information content (AvgIpc) is 3.39. The maximum atomic E-state index is 13.2. The number of ether oxygens (including phenoxy) is 1. The van der Waals surface area contributed by atoms with Gasteiger partial charge in [0.2, 0.25) is 5.91 Å². The lowest BCUT2D eigenvalue weighted by atomic mass is 9.95. The van der Waals surface area contributed by atoms with Gasteiger partial charge in [-0.3, -0.25) is 4.79 Å². The second-order valence-corrected chi connectivity index (χ2v) is 9.44. The quantitative estimate of drug-likeness (QED) is 0.496. The number of esters is 1. The molecule has 3 atom stereocenters. The highest BCUT2D eigenvalue weighted by Gasteiger charge is 2.36. The van der Waals surface area contributed by atoms with Gasteiger partial charge in [-0.2, -0.15) is 13.2 Å². The number of aliphatic hydroxyl groups is 1. The van der Waals surface area contributed by atoms with Gasteiger partial charge in [-0.05, 0) is 55.4 Å². The van der Waals surface area contributed by atoms with Crippen molar-refractivity contribution in [2.75, 3.05) is 13.7 Å². The first-order chi connectivity index (χ1) is 15.6. The van der Waals surface area contributed by atoms with E-state index in [0.717, 1.165) is 10.9 Å². The molecule has 0 spiro atoms. The normalized spacial score (nSPS) is 18.4. The van der Waals surface area contributed by atoms with E-state index in [4.69, 9.17) is 4.74 Å². The summed E-state index contributed by atoms with van der Waals surface area (Å²) in [5.41, 5.74) is -0.647. The number of hydrogen-bond donors (Lipinski definition) is 1. The number of rotatable bonds is 9. The number of aliphatic hydroxyl groups excluding tert-OH is 1. The summed E-state index contributed by atoms with van der Waals surface area (Å²) in [4.78, 5) is 27.7. The van der Waals surface area contributed by atoms with Crippen LogP contribution in [-0.2, 0) is 22.1 Å². The molecule has 5 nitrogen and oxygen atoms in total. The minimum absolute atomic E-state index is 0.0109. The van der Waals surface area contributed by atoms with E-state index in [1.165, 1.54) is 36.6 Å². The zero-order valence-electron chi connectivity index (χ0n) is 18.6. The fraction of sp³-hybridized carbons (Fsp3) is 0.500. The fourth-order valence-corrected chi connectivity index (χ4v) is 5.50. The molecule has 9 heteroatoms. The first-order valence-corrected chi connectivity index (χ1v) is 11.8. The van der Waals surface area contributed by atoms with Gasteiger partial charge in [0.05, 0.1) is 24.8 Å². The molecular formula is C24H28F3NO4S. The van der Waals surface area contributed by atoms with Gasteiger partial charge in [-0.25, -0.2) is 4.79 Å². The lowest BCUT2D eigenvalue weighted by molar-refractivity contribution is -0.138. The van der Waals surface area contributed by atoms with Gasteiger partial charge in [0, 0.05) is 17.8 Å². The van der Waals surface area contributed by atoms with Crippen LogP contribution < -0.4 is 0 Å². The van der Waals surface area contributed by atoms with Gasteiger partial charge in [0.15, 0.2) is 0 Å². The summed E-state index contributed by atoms with van der Waals surface area (Å²) in [6.07, 6.45) is -3.55. The molecule has 2 aromatic rings. The third kappa shape index (κ3) is 6.14. The number of halogens is 3. The first kappa shape index (κ1) is 25.2.